The number of nitrogens with one attached hydrogen (secondary N) is 2. The first-order valence-corrected chi connectivity index (χ1v) is 7.13. The summed E-state index contributed by atoms with van der Waals surface area (Å²) in [7, 11) is 0. The van der Waals surface area contributed by atoms with Crippen LogP contribution in [0, 0.1) is 5.92 Å². The molecule has 0 aromatic heterocycles. The number of halogens is 3. The zero-order valence-electron chi connectivity index (χ0n) is 12.2. The van der Waals surface area contributed by atoms with Crippen molar-refractivity contribution in [3.63, 3.8) is 0 Å². The summed E-state index contributed by atoms with van der Waals surface area (Å²) in [5.41, 5.74) is -0.736. The SMILES string of the molecule is O=C(NCC(F)(F)F)C(=O)NCC(O)(c1ccccc1)C1CC1. The summed E-state index contributed by atoms with van der Waals surface area (Å²) in [5, 5.41) is 14.5. The third-order valence-electron chi connectivity index (χ3n) is 3.70. The molecule has 1 unspecified atom stereocenters. The molecular formula is C15H17F3N2O3. The topological polar surface area (TPSA) is 78.4 Å². The number of carbonyl (C=O) groups excluding carboxylic acids is 2. The third-order valence-corrected chi connectivity index (χ3v) is 3.70. The number of alkyl halides is 3. The zero-order chi connectivity index (χ0) is 17.1. The van der Waals surface area contributed by atoms with Crippen LogP contribution in [-0.4, -0.2) is 36.2 Å². The fraction of sp³-hybridized carbons (Fsp3) is 0.467. The second-order valence-corrected chi connectivity index (χ2v) is 5.55. The highest BCUT2D eigenvalue weighted by molar-refractivity contribution is 6.35. The van der Waals surface area contributed by atoms with Crippen LogP contribution >= 0.6 is 0 Å². The maximum absolute atomic E-state index is 12.0. The zero-order valence-corrected chi connectivity index (χ0v) is 12.2. The number of amides is 2. The van der Waals surface area contributed by atoms with E-state index in [-0.39, 0.29) is 12.5 Å². The van der Waals surface area contributed by atoms with Crippen molar-refractivity contribution < 1.29 is 27.9 Å². The minimum absolute atomic E-state index is 0.0524. The first-order valence-electron chi connectivity index (χ1n) is 7.13. The molecule has 126 valence electrons. The van der Waals surface area contributed by atoms with E-state index in [9.17, 15) is 27.9 Å². The Morgan fingerprint density at radius 1 is 1.04 bits per heavy atom. The maximum Gasteiger partial charge on any atom is 0.405 e. The first kappa shape index (κ1) is 17.3. The first-order chi connectivity index (χ1) is 10.7. The average molecular weight is 330 g/mol. The number of carbonyl (C=O) groups is 2. The van der Waals surface area contributed by atoms with Gasteiger partial charge in [-0.1, -0.05) is 30.3 Å². The minimum atomic E-state index is -4.59. The predicted molar refractivity (Wildman–Crippen MR) is 75.1 cm³/mol. The van der Waals surface area contributed by atoms with Crippen molar-refractivity contribution in [3.05, 3.63) is 35.9 Å². The van der Waals surface area contributed by atoms with Crippen LogP contribution < -0.4 is 10.6 Å². The van der Waals surface area contributed by atoms with Gasteiger partial charge < -0.3 is 15.7 Å². The van der Waals surface area contributed by atoms with E-state index in [4.69, 9.17) is 0 Å². The van der Waals surface area contributed by atoms with Gasteiger partial charge in [0, 0.05) is 0 Å². The molecule has 1 atom stereocenters. The van der Waals surface area contributed by atoms with Crippen molar-refractivity contribution in [1.29, 1.82) is 0 Å². The Labute approximate surface area is 130 Å². The molecule has 0 aliphatic heterocycles. The van der Waals surface area contributed by atoms with Crippen LogP contribution in [0.3, 0.4) is 0 Å². The highest BCUT2D eigenvalue weighted by Gasteiger charge is 2.45. The van der Waals surface area contributed by atoms with Gasteiger partial charge in [-0.3, -0.25) is 9.59 Å². The Bertz CT molecular complexity index is 573. The largest absolute Gasteiger partial charge is 0.405 e. The van der Waals surface area contributed by atoms with Crippen LogP contribution in [0.1, 0.15) is 18.4 Å². The Morgan fingerprint density at radius 2 is 1.57 bits per heavy atom. The smallest absolute Gasteiger partial charge is 0.383 e. The summed E-state index contributed by atoms with van der Waals surface area (Å²) < 4.78 is 36.0. The van der Waals surface area contributed by atoms with Gasteiger partial charge in [0.05, 0.1) is 6.54 Å². The van der Waals surface area contributed by atoms with Gasteiger partial charge in [0.25, 0.3) is 0 Å². The van der Waals surface area contributed by atoms with Crippen LogP contribution in [-0.2, 0) is 15.2 Å². The molecule has 0 spiro atoms. The molecule has 1 saturated carbocycles. The molecule has 0 saturated heterocycles. The standard InChI is InChI=1S/C15H17F3N2O3/c16-15(17,18)9-20-13(22)12(21)19-8-14(23,11-6-7-11)10-4-2-1-3-5-10/h1-5,11,23H,6-9H2,(H,19,21)(H,20,22). The Hall–Kier alpha value is -2.09. The number of hydrogen-bond donors (Lipinski definition) is 3. The molecule has 0 radical (unpaired) electrons. The second kappa shape index (κ2) is 6.57. The molecule has 2 amide bonds. The van der Waals surface area contributed by atoms with Crippen LogP contribution in [0.15, 0.2) is 30.3 Å². The molecule has 1 fully saturated rings. The summed E-state index contributed by atoms with van der Waals surface area (Å²) in [6.07, 6.45) is -3.03. The monoisotopic (exact) mass is 330 g/mol. The maximum atomic E-state index is 12.0. The summed E-state index contributed by atoms with van der Waals surface area (Å²) in [6, 6.07) is 8.66. The molecule has 8 heteroatoms. The van der Waals surface area contributed by atoms with Crippen LogP contribution in [0.2, 0.25) is 0 Å². The van der Waals surface area contributed by atoms with E-state index in [2.05, 4.69) is 5.32 Å². The molecule has 3 N–H and O–H groups in total. The van der Waals surface area contributed by atoms with Crippen LogP contribution in [0.25, 0.3) is 0 Å². The quantitative estimate of drug-likeness (QED) is 0.707. The second-order valence-electron chi connectivity index (χ2n) is 5.55. The summed E-state index contributed by atoms with van der Waals surface area (Å²) in [4.78, 5) is 22.9. The van der Waals surface area contributed by atoms with E-state index in [0.29, 0.717) is 5.56 Å². The van der Waals surface area contributed by atoms with Gasteiger partial charge in [0.15, 0.2) is 0 Å². The van der Waals surface area contributed by atoms with Crippen molar-refractivity contribution >= 4 is 11.8 Å². The van der Waals surface area contributed by atoms with E-state index in [1.165, 1.54) is 5.32 Å². The highest BCUT2D eigenvalue weighted by Crippen LogP contribution is 2.45. The van der Waals surface area contributed by atoms with Gasteiger partial charge in [-0.25, -0.2) is 0 Å². The summed E-state index contributed by atoms with van der Waals surface area (Å²) >= 11 is 0. The fourth-order valence-electron chi connectivity index (χ4n) is 2.33. The van der Waals surface area contributed by atoms with E-state index < -0.39 is 30.1 Å². The lowest BCUT2D eigenvalue weighted by Gasteiger charge is -2.29. The lowest BCUT2D eigenvalue weighted by Crippen LogP contribution is -2.48. The lowest BCUT2D eigenvalue weighted by molar-refractivity contribution is -0.146. The fourth-order valence-corrected chi connectivity index (χ4v) is 2.33. The van der Waals surface area contributed by atoms with Gasteiger partial charge in [-0.2, -0.15) is 13.2 Å². The highest BCUT2D eigenvalue weighted by atomic mass is 19.4. The summed E-state index contributed by atoms with van der Waals surface area (Å²) in [6.45, 7) is -1.81. The molecule has 23 heavy (non-hydrogen) atoms. The van der Waals surface area contributed by atoms with Crippen molar-refractivity contribution in [3.8, 4) is 0 Å². The molecule has 1 aromatic carbocycles. The molecule has 1 aliphatic rings. The normalized spacial score (nSPS) is 17.2. The number of rotatable bonds is 5. The minimum Gasteiger partial charge on any atom is -0.383 e. The lowest BCUT2D eigenvalue weighted by atomic mass is 9.88. The Morgan fingerprint density at radius 3 is 2.04 bits per heavy atom. The third kappa shape index (κ3) is 4.69. The van der Waals surface area contributed by atoms with Crippen molar-refractivity contribution in [2.75, 3.05) is 13.1 Å². The van der Waals surface area contributed by atoms with E-state index in [1.54, 1.807) is 30.3 Å². The molecule has 1 aromatic rings. The molecule has 0 heterocycles. The Balaban J connectivity index is 1.94. The van der Waals surface area contributed by atoms with E-state index in [0.717, 1.165) is 12.8 Å². The van der Waals surface area contributed by atoms with E-state index in [1.807, 2.05) is 0 Å². The molecular weight excluding hydrogens is 313 g/mol. The summed E-state index contributed by atoms with van der Waals surface area (Å²) in [5.74, 6) is -2.64. The average Bonchev–Trinajstić information content (AvgIpc) is 3.35. The van der Waals surface area contributed by atoms with Gasteiger partial charge in [0.1, 0.15) is 12.1 Å². The number of benzene rings is 1. The van der Waals surface area contributed by atoms with E-state index >= 15 is 0 Å². The molecule has 0 bridgehead atoms. The van der Waals surface area contributed by atoms with Crippen molar-refractivity contribution in [1.82, 2.24) is 10.6 Å². The Kier molecular flexibility index (Phi) is 4.93. The van der Waals surface area contributed by atoms with Crippen LogP contribution in [0.5, 0.6) is 0 Å². The predicted octanol–water partition coefficient (Wildman–Crippen LogP) is 1.08. The molecule has 5 nitrogen and oxygen atoms in total. The molecule has 1 aliphatic carbocycles. The van der Waals surface area contributed by atoms with Gasteiger partial charge in [0.2, 0.25) is 0 Å². The van der Waals surface area contributed by atoms with Gasteiger partial charge in [-0.15, -0.1) is 0 Å². The van der Waals surface area contributed by atoms with Crippen molar-refractivity contribution in [2.45, 2.75) is 24.6 Å². The number of hydrogen-bond acceptors (Lipinski definition) is 3. The van der Waals surface area contributed by atoms with Gasteiger partial charge >= 0.3 is 18.0 Å². The van der Waals surface area contributed by atoms with Gasteiger partial charge in [-0.05, 0) is 24.3 Å². The number of aliphatic hydroxyl groups is 1. The van der Waals surface area contributed by atoms with Crippen molar-refractivity contribution in [2.24, 2.45) is 5.92 Å². The molecule has 2 rings (SSSR count). The van der Waals surface area contributed by atoms with Crippen LogP contribution in [0.4, 0.5) is 13.2 Å².